The summed E-state index contributed by atoms with van der Waals surface area (Å²) in [4.78, 5) is 11.8. The van der Waals surface area contributed by atoms with Crippen molar-refractivity contribution < 1.29 is 23.0 Å². The van der Waals surface area contributed by atoms with E-state index in [4.69, 9.17) is 9.47 Å². The summed E-state index contributed by atoms with van der Waals surface area (Å²) in [5.41, 5.74) is 0.892. The van der Waals surface area contributed by atoms with E-state index >= 15 is 0 Å². The predicted octanol–water partition coefficient (Wildman–Crippen LogP) is 3.06. The van der Waals surface area contributed by atoms with Gasteiger partial charge < -0.3 is 14.8 Å². The van der Waals surface area contributed by atoms with Crippen LogP contribution in [-0.4, -0.2) is 30.3 Å². The largest absolute Gasteiger partial charge is 0.493 e. The van der Waals surface area contributed by atoms with Crippen LogP contribution in [0.25, 0.3) is 0 Å². The summed E-state index contributed by atoms with van der Waals surface area (Å²) >= 11 is 0.661. The van der Waals surface area contributed by atoms with Gasteiger partial charge >= 0.3 is 0 Å². The smallest absolute Gasteiger partial charge is 0.291 e. The minimum absolute atomic E-state index is 0.0672. The molecular formula is C14H15F2N3O3S. The molecule has 0 atom stereocenters. The lowest BCUT2D eigenvalue weighted by Crippen LogP contribution is -2.12. The van der Waals surface area contributed by atoms with Crippen molar-refractivity contribution in [3.8, 4) is 11.5 Å². The van der Waals surface area contributed by atoms with E-state index in [1.165, 1.54) is 7.11 Å². The van der Waals surface area contributed by atoms with Crippen LogP contribution in [0.1, 0.15) is 23.4 Å². The van der Waals surface area contributed by atoms with E-state index in [0.717, 1.165) is 5.56 Å². The van der Waals surface area contributed by atoms with E-state index in [2.05, 4.69) is 15.5 Å². The molecule has 0 spiro atoms. The average Bonchev–Trinajstić information content (AvgIpc) is 3.01. The first-order chi connectivity index (χ1) is 11.0. The van der Waals surface area contributed by atoms with Gasteiger partial charge in [-0.1, -0.05) is 17.4 Å². The van der Waals surface area contributed by atoms with Crippen LogP contribution in [0.2, 0.25) is 0 Å². The molecule has 1 aromatic heterocycles. The van der Waals surface area contributed by atoms with E-state index < -0.39 is 11.4 Å². The molecule has 1 N–H and O–H groups in total. The van der Waals surface area contributed by atoms with Crippen LogP contribution in [-0.2, 0) is 11.2 Å². The Bertz CT molecular complexity index is 679. The number of rotatable bonds is 7. The van der Waals surface area contributed by atoms with Crippen molar-refractivity contribution in [3.63, 3.8) is 0 Å². The van der Waals surface area contributed by atoms with Crippen molar-refractivity contribution in [2.75, 3.05) is 19.5 Å². The fourth-order valence-electron chi connectivity index (χ4n) is 1.85. The lowest BCUT2D eigenvalue weighted by Gasteiger charge is -2.09. The van der Waals surface area contributed by atoms with Crippen LogP contribution in [0, 0.1) is 0 Å². The number of carbonyl (C=O) groups is 1. The number of aryl methyl sites for hydroxylation is 1. The van der Waals surface area contributed by atoms with Gasteiger partial charge in [0, 0.05) is 6.42 Å². The monoisotopic (exact) mass is 343 g/mol. The third kappa shape index (κ3) is 4.59. The van der Waals surface area contributed by atoms with Crippen LogP contribution >= 0.6 is 11.3 Å². The van der Waals surface area contributed by atoms with Crippen molar-refractivity contribution in [1.82, 2.24) is 10.2 Å². The lowest BCUT2D eigenvalue weighted by atomic mass is 10.1. The summed E-state index contributed by atoms with van der Waals surface area (Å²) in [6.07, 6.45) is -2.05. The normalized spacial score (nSPS) is 10.7. The second-order valence-corrected chi connectivity index (χ2v) is 5.49. The minimum Gasteiger partial charge on any atom is -0.493 e. The predicted molar refractivity (Wildman–Crippen MR) is 81.4 cm³/mol. The Balaban J connectivity index is 1.91. The molecule has 0 aliphatic carbocycles. The topological polar surface area (TPSA) is 73.3 Å². The number of nitrogens with one attached hydrogen (secondary N) is 1. The molecule has 0 saturated heterocycles. The van der Waals surface area contributed by atoms with Gasteiger partial charge in [0.2, 0.25) is 11.0 Å². The number of benzene rings is 1. The van der Waals surface area contributed by atoms with Crippen LogP contribution in [0.4, 0.5) is 13.9 Å². The van der Waals surface area contributed by atoms with E-state index in [0.29, 0.717) is 29.3 Å². The van der Waals surface area contributed by atoms with E-state index in [-0.39, 0.29) is 17.5 Å². The van der Waals surface area contributed by atoms with Gasteiger partial charge in [0.15, 0.2) is 16.5 Å². The van der Waals surface area contributed by atoms with Gasteiger partial charge in [-0.3, -0.25) is 4.79 Å². The Morgan fingerprint density at radius 1 is 1.26 bits per heavy atom. The molecule has 0 saturated carbocycles. The van der Waals surface area contributed by atoms with Gasteiger partial charge in [-0.2, -0.15) is 0 Å². The standard InChI is InChI=1S/C14H15F2N3O3S/c1-21-9-5-3-8(7-10(9)22-2)4-6-11(20)17-14-19-18-13(23-14)12(15)16/h3,5,7,12H,4,6H2,1-2H3,(H,17,19,20). The first kappa shape index (κ1) is 17.1. The zero-order valence-corrected chi connectivity index (χ0v) is 13.3. The van der Waals surface area contributed by atoms with Crippen molar-refractivity contribution in [1.29, 1.82) is 0 Å². The first-order valence-corrected chi connectivity index (χ1v) is 7.47. The molecule has 6 nitrogen and oxygen atoms in total. The zero-order valence-electron chi connectivity index (χ0n) is 12.5. The van der Waals surface area contributed by atoms with E-state index in [9.17, 15) is 13.6 Å². The number of halogens is 2. The van der Waals surface area contributed by atoms with E-state index in [1.54, 1.807) is 19.2 Å². The van der Waals surface area contributed by atoms with Gasteiger partial charge in [0.1, 0.15) is 0 Å². The molecule has 0 aliphatic heterocycles. The van der Waals surface area contributed by atoms with E-state index in [1.807, 2.05) is 6.07 Å². The molecule has 0 unspecified atom stereocenters. The highest BCUT2D eigenvalue weighted by atomic mass is 32.1. The number of anilines is 1. The van der Waals surface area contributed by atoms with Crippen LogP contribution in [0.5, 0.6) is 11.5 Å². The summed E-state index contributed by atoms with van der Waals surface area (Å²) in [5, 5.41) is 8.91. The number of ether oxygens (including phenoxy) is 2. The van der Waals surface area contributed by atoms with Crippen molar-refractivity contribution >= 4 is 22.4 Å². The third-order valence-corrected chi connectivity index (χ3v) is 3.81. The van der Waals surface area contributed by atoms with Crippen molar-refractivity contribution in [3.05, 3.63) is 28.8 Å². The first-order valence-electron chi connectivity index (χ1n) is 6.65. The third-order valence-electron chi connectivity index (χ3n) is 2.96. The van der Waals surface area contributed by atoms with Gasteiger partial charge in [0.25, 0.3) is 6.43 Å². The number of amides is 1. The van der Waals surface area contributed by atoms with Crippen LogP contribution < -0.4 is 14.8 Å². The summed E-state index contributed by atoms with van der Waals surface area (Å²) in [5.74, 6) is 0.863. The average molecular weight is 343 g/mol. The van der Waals surface area contributed by atoms with Gasteiger partial charge in [0.05, 0.1) is 14.2 Å². The fraction of sp³-hybridized carbons (Fsp3) is 0.357. The summed E-state index contributed by atoms with van der Waals surface area (Å²) in [6, 6.07) is 5.37. The number of carbonyl (C=O) groups excluding carboxylic acids is 1. The quantitative estimate of drug-likeness (QED) is 0.836. The Morgan fingerprint density at radius 2 is 2.00 bits per heavy atom. The molecule has 1 amide bonds. The molecule has 0 bridgehead atoms. The number of alkyl halides is 2. The van der Waals surface area contributed by atoms with Crippen molar-refractivity contribution in [2.24, 2.45) is 0 Å². The Labute approximate surface area is 135 Å². The van der Waals surface area contributed by atoms with Crippen molar-refractivity contribution in [2.45, 2.75) is 19.3 Å². The highest BCUT2D eigenvalue weighted by molar-refractivity contribution is 7.15. The minimum atomic E-state index is -2.69. The summed E-state index contributed by atoms with van der Waals surface area (Å²) < 4.78 is 35.1. The molecule has 0 aliphatic rings. The fourth-order valence-corrected chi connectivity index (χ4v) is 2.46. The molecule has 1 heterocycles. The summed E-state index contributed by atoms with van der Waals surface area (Å²) in [7, 11) is 3.07. The second-order valence-electron chi connectivity index (χ2n) is 4.48. The number of hydrogen-bond acceptors (Lipinski definition) is 6. The maximum atomic E-state index is 12.4. The number of methoxy groups -OCH3 is 2. The maximum absolute atomic E-state index is 12.4. The highest BCUT2D eigenvalue weighted by Gasteiger charge is 2.15. The highest BCUT2D eigenvalue weighted by Crippen LogP contribution is 2.28. The van der Waals surface area contributed by atoms with Crippen LogP contribution in [0.15, 0.2) is 18.2 Å². The number of hydrogen-bond donors (Lipinski definition) is 1. The SMILES string of the molecule is COc1ccc(CCC(=O)Nc2nnc(C(F)F)s2)cc1OC. The van der Waals surface area contributed by atoms with Gasteiger partial charge in [-0.15, -0.1) is 10.2 Å². The molecule has 23 heavy (non-hydrogen) atoms. The molecule has 0 radical (unpaired) electrons. The number of nitrogens with zero attached hydrogens (tertiary/aromatic N) is 2. The molecular weight excluding hydrogens is 328 g/mol. The maximum Gasteiger partial charge on any atom is 0.291 e. The Hall–Kier alpha value is -2.29. The Kier molecular flexibility index (Phi) is 5.80. The molecule has 2 rings (SSSR count). The molecule has 1 aromatic carbocycles. The lowest BCUT2D eigenvalue weighted by molar-refractivity contribution is -0.116. The molecule has 9 heteroatoms. The summed E-state index contributed by atoms with van der Waals surface area (Å²) in [6.45, 7) is 0. The van der Waals surface area contributed by atoms with Gasteiger partial charge in [-0.25, -0.2) is 8.78 Å². The van der Waals surface area contributed by atoms with Crippen LogP contribution in [0.3, 0.4) is 0 Å². The zero-order chi connectivity index (χ0) is 16.8. The molecule has 2 aromatic rings. The second kappa shape index (κ2) is 7.82. The van der Waals surface area contributed by atoms with Gasteiger partial charge in [-0.05, 0) is 24.1 Å². The Morgan fingerprint density at radius 3 is 2.61 bits per heavy atom. The molecule has 124 valence electrons. The molecule has 0 fully saturated rings. The number of aromatic nitrogens is 2.